The van der Waals surface area contributed by atoms with Gasteiger partial charge in [0.2, 0.25) is 5.91 Å². The third-order valence-electron chi connectivity index (χ3n) is 3.57. The van der Waals surface area contributed by atoms with Gasteiger partial charge in [-0.05, 0) is 25.7 Å². The highest BCUT2D eigenvalue weighted by Crippen LogP contribution is 2.28. The molecule has 0 radical (unpaired) electrons. The predicted octanol–water partition coefficient (Wildman–Crippen LogP) is 1.69. The number of hydrogen-bond donors (Lipinski definition) is 2. The molecule has 1 aromatic heterocycles. The average molecular weight is 282 g/mol. The van der Waals surface area contributed by atoms with Crippen molar-refractivity contribution in [2.45, 2.75) is 32.1 Å². The van der Waals surface area contributed by atoms with Gasteiger partial charge >= 0.3 is 5.97 Å². The molecular formula is C13H18N2O3S. The fourth-order valence-electron chi connectivity index (χ4n) is 2.42. The molecule has 1 aliphatic rings. The van der Waals surface area contributed by atoms with Crippen molar-refractivity contribution in [1.82, 2.24) is 10.3 Å². The number of nitrogens with one attached hydrogen (secondary N) is 1. The third kappa shape index (κ3) is 4.02. The van der Waals surface area contributed by atoms with Gasteiger partial charge in [0.15, 0.2) is 0 Å². The number of carbonyl (C=O) groups excluding carboxylic acids is 1. The minimum atomic E-state index is -0.734. The maximum absolute atomic E-state index is 11.9. The molecule has 104 valence electrons. The molecule has 5 nitrogen and oxygen atoms in total. The third-order valence-corrected chi connectivity index (χ3v) is 4.41. The van der Waals surface area contributed by atoms with Crippen molar-refractivity contribution in [1.29, 1.82) is 0 Å². The van der Waals surface area contributed by atoms with Gasteiger partial charge in [-0.1, -0.05) is 0 Å². The summed E-state index contributed by atoms with van der Waals surface area (Å²) in [5.74, 6) is -0.964. The molecule has 1 fully saturated rings. The quantitative estimate of drug-likeness (QED) is 0.861. The minimum absolute atomic E-state index is 0.0214. The fourth-order valence-corrected chi connectivity index (χ4v) is 3.04. The highest BCUT2D eigenvalue weighted by Gasteiger charge is 2.29. The molecule has 0 unspecified atom stereocenters. The molecule has 0 bridgehead atoms. The van der Waals surface area contributed by atoms with Crippen LogP contribution in [0.15, 0.2) is 11.6 Å². The van der Waals surface area contributed by atoms with Gasteiger partial charge in [-0.25, -0.2) is 4.98 Å². The molecule has 2 N–H and O–H groups in total. The van der Waals surface area contributed by atoms with Gasteiger partial charge in [0.25, 0.3) is 0 Å². The zero-order chi connectivity index (χ0) is 13.7. The minimum Gasteiger partial charge on any atom is -0.481 e. The van der Waals surface area contributed by atoms with Gasteiger partial charge in [0, 0.05) is 30.5 Å². The smallest absolute Gasteiger partial charge is 0.306 e. The standard InChI is InChI=1S/C13H18N2O3S/c16-12(15-6-5-11-14-7-8-19-11)9-1-3-10(4-2-9)13(17)18/h7-10H,1-6H2,(H,15,16)(H,17,18). The van der Waals surface area contributed by atoms with Crippen LogP contribution in [-0.2, 0) is 16.0 Å². The van der Waals surface area contributed by atoms with Crippen molar-refractivity contribution in [3.8, 4) is 0 Å². The summed E-state index contributed by atoms with van der Waals surface area (Å²) in [6.45, 7) is 0.602. The Morgan fingerprint density at radius 2 is 2.00 bits per heavy atom. The van der Waals surface area contributed by atoms with E-state index in [9.17, 15) is 9.59 Å². The Morgan fingerprint density at radius 3 is 2.58 bits per heavy atom. The lowest BCUT2D eigenvalue weighted by Crippen LogP contribution is -2.35. The molecule has 6 heteroatoms. The molecule has 0 aromatic carbocycles. The summed E-state index contributed by atoms with van der Waals surface area (Å²) in [5.41, 5.74) is 0. The Labute approximate surface area is 116 Å². The Bertz CT molecular complexity index is 425. The Morgan fingerprint density at radius 1 is 1.32 bits per heavy atom. The van der Waals surface area contributed by atoms with E-state index in [1.54, 1.807) is 17.5 Å². The second kappa shape index (κ2) is 6.65. The summed E-state index contributed by atoms with van der Waals surface area (Å²) in [6, 6.07) is 0. The van der Waals surface area contributed by atoms with Crippen molar-refractivity contribution < 1.29 is 14.7 Å². The molecular weight excluding hydrogens is 264 g/mol. The molecule has 0 aliphatic heterocycles. The normalized spacial score (nSPS) is 22.9. The van der Waals surface area contributed by atoms with Crippen LogP contribution in [0.5, 0.6) is 0 Å². The van der Waals surface area contributed by atoms with E-state index in [0.717, 1.165) is 11.4 Å². The predicted molar refractivity (Wildman–Crippen MR) is 71.9 cm³/mol. The first-order chi connectivity index (χ1) is 9.16. The second-order valence-electron chi connectivity index (χ2n) is 4.85. The maximum atomic E-state index is 11.9. The van der Waals surface area contributed by atoms with Crippen LogP contribution in [0.25, 0.3) is 0 Å². The largest absolute Gasteiger partial charge is 0.481 e. The van der Waals surface area contributed by atoms with Crippen LogP contribution in [0.4, 0.5) is 0 Å². The highest BCUT2D eigenvalue weighted by molar-refractivity contribution is 7.09. The number of rotatable bonds is 5. The van der Waals surface area contributed by atoms with E-state index in [1.165, 1.54) is 0 Å². The van der Waals surface area contributed by atoms with E-state index in [0.29, 0.717) is 32.2 Å². The van der Waals surface area contributed by atoms with Gasteiger partial charge in [0.1, 0.15) is 0 Å². The molecule has 1 aromatic rings. The van der Waals surface area contributed by atoms with E-state index >= 15 is 0 Å². The number of carboxylic acid groups (broad SMARTS) is 1. The van der Waals surface area contributed by atoms with Crippen molar-refractivity contribution >= 4 is 23.2 Å². The number of amides is 1. The van der Waals surface area contributed by atoms with Gasteiger partial charge in [0.05, 0.1) is 10.9 Å². The van der Waals surface area contributed by atoms with Gasteiger partial charge < -0.3 is 10.4 Å². The Balaban J connectivity index is 1.68. The second-order valence-corrected chi connectivity index (χ2v) is 5.83. The summed E-state index contributed by atoms with van der Waals surface area (Å²) in [6.07, 6.45) is 5.10. The van der Waals surface area contributed by atoms with E-state index < -0.39 is 5.97 Å². The summed E-state index contributed by atoms with van der Waals surface area (Å²) in [4.78, 5) is 26.9. The lowest BCUT2D eigenvalue weighted by atomic mass is 9.81. The first-order valence-electron chi connectivity index (χ1n) is 6.55. The first-order valence-corrected chi connectivity index (χ1v) is 7.43. The fraction of sp³-hybridized carbons (Fsp3) is 0.615. The summed E-state index contributed by atoms with van der Waals surface area (Å²) in [7, 11) is 0. The molecule has 1 aliphatic carbocycles. The van der Waals surface area contributed by atoms with Crippen molar-refractivity contribution in [2.75, 3.05) is 6.54 Å². The average Bonchev–Trinajstić information content (AvgIpc) is 2.92. The van der Waals surface area contributed by atoms with Crippen LogP contribution in [0.2, 0.25) is 0 Å². The van der Waals surface area contributed by atoms with E-state index in [4.69, 9.17) is 5.11 Å². The number of carboxylic acids is 1. The van der Waals surface area contributed by atoms with Gasteiger partial charge in [-0.15, -0.1) is 11.3 Å². The van der Waals surface area contributed by atoms with Crippen molar-refractivity contribution in [3.05, 3.63) is 16.6 Å². The Hall–Kier alpha value is -1.43. The molecule has 1 saturated carbocycles. The molecule has 2 rings (SSSR count). The number of nitrogens with zero attached hydrogens (tertiary/aromatic N) is 1. The lowest BCUT2D eigenvalue weighted by Gasteiger charge is -2.25. The molecule has 0 atom stereocenters. The van der Waals surface area contributed by atoms with Crippen molar-refractivity contribution in [2.24, 2.45) is 11.8 Å². The summed E-state index contributed by atoms with van der Waals surface area (Å²) < 4.78 is 0. The highest BCUT2D eigenvalue weighted by atomic mass is 32.1. The van der Waals surface area contributed by atoms with Crippen molar-refractivity contribution in [3.63, 3.8) is 0 Å². The maximum Gasteiger partial charge on any atom is 0.306 e. The van der Waals surface area contributed by atoms with E-state index in [-0.39, 0.29) is 17.7 Å². The van der Waals surface area contributed by atoms with Crippen LogP contribution < -0.4 is 5.32 Å². The number of aromatic nitrogens is 1. The summed E-state index contributed by atoms with van der Waals surface area (Å²) in [5, 5.41) is 14.8. The number of aliphatic carboxylic acids is 1. The topological polar surface area (TPSA) is 79.3 Å². The van der Waals surface area contributed by atoms with Gasteiger partial charge in [-0.3, -0.25) is 9.59 Å². The van der Waals surface area contributed by atoms with Crippen LogP contribution in [-0.4, -0.2) is 28.5 Å². The zero-order valence-electron chi connectivity index (χ0n) is 10.7. The van der Waals surface area contributed by atoms with Crippen LogP contribution in [0, 0.1) is 11.8 Å². The summed E-state index contributed by atoms with van der Waals surface area (Å²) >= 11 is 1.59. The first kappa shape index (κ1) is 14.0. The number of hydrogen-bond acceptors (Lipinski definition) is 4. The van der Waals surface area contributed by atoms with E-state index in [2.05, 4.69) is 10.3 Å². The van der Waals surface area contributed by atoms with Crippen LogP contribution in [0.3, 0.4) is 0 Å². The van der Waals surface area contributed by atoms with Gasteiger partial charge in [-0.2, -0.15) is 0 Å². The molecule has 0 saturated heterocycles. The van der Waals surface area contributed by atoms with Crippen LogP contribution >= 0.6 is 11.3 Å². The molecule has 1 amide bonds. The van der Waals surface area contributed by atoms with Crippen LogP contribution in [0.1, 0.15) is 30.7 Å². The number of carbonyl (C=O) groups is 2. The monoisotopic (exact) mass is 282 g/mol. The Kier molecular flexibility index (Phi) is 4.90. The molecule has 0 spiro atoms. The number of thiazole rings is 1. The molecule has 1 heterocycles. The molecule has 19 heavy (non-hydrogen) atoms. The lowest BCUT2D eigenvalue weighted by molar-refractivity contribution is -0.144. The SMILES string of the molecule is O=C(O)C1CCC(C(=O)NCCc2nccs2)CC1. The zero-order valence-corrected chi connectivity index (χ0v) is 11.5. The van der Waals surface area contributed by atoms with E-state index in [1.807, 2.05) is 5.38 Å².